The van der Waals surface area contributed by atoms with E-state index < -0.39 is 0 Å². The van der Waals surface area contributed by atoms with Crippen LogP contribution in [0, 0.1) is 0 Å². The topological polar surface area (TPSA) is 55.0 Å². The lowest BCUT2D eigenvalue weighted by molar-refractivity contribution is -0.0848. The number of methoxy groups -OCH3 is 1. The van der Waals surface area contributed by atoms with E-state index in [0.717, 1.165) is 19.3 Å². The molecule has 0 unspecified atom stereocenters. The van der Waals surface area contributed by atoms with Gasteiger partial charge < -0.3 is 9.72 Å². The average molecular weight is 180 g/mol. The van der Waals surface area contributed by atoms with Crippen LogP contribution in [0.15, 0.2) is 17.1 Å². The minimum Gasteiger partial charge on any atom is -0.370 e. The fraction of sp³-hybridized carbons (Fsp3) is 0.556. The maximum Gasteiger partial charge on any atom is 0.250 e. The summed E-state index contributed by atoms with van der Waals surface area (Å²) in [7, 11) is 1.66. The molecule has 0 amide bonds. The monoisotopic (exact) mass is 180 g/mol. The van der Waals surface area contributed by atoms with Crippen molar-refractivity contribution in [3.05, 3.63) is 28.4 Å². The molecule has 0 saturated heterocycles. The highest BCUT2D eigenvalue weighted by Gasteiger charge is 2.41. The number of aromatic amines is 1. The van der Waals surface area contributed by atoms with Gasteiger partial charge in [0.2, 0.25) is 0 Å². The van der Waals surface area contributed by atoms with Gasteiger partial charge in [-0.1, -0.05) is 0 Å². The van der Waals surface area contributed by atoms with Crippen LogP contribution >= 0.6 is 0 Å². The van der Waals surface area contributed by atoms with E-state index in [1.54, 1.807) is 7.11 Å². The second-order valence-corrected chi connectivity index (χ2v) is 3.33. The van der Waals surface area contributed by atoms with Gasteiger partial charge in [-0.2, -0.15) is 0 Å². The van der Waals surface area contributed by atoms with Gasteiger partial charge in [-0.15, -0.1) is 0 Å². The van der Waals surface area contributed by atoms with Crippen molar-refractivity contribution in [3.63, 3.8) is 0 Å². The van der Waals surface area contributed by atoms with Gasteiger partial charge >= 0.3 is 0 Å². The van der Waals surface area contributed by atoms with Crippen LogP contribution in [-0.4, -0.2) is 17.1 Å². The quantitative estimate of drug-likeness (QED) is 0.732. The summed E-state index contributed by atoms with van der Waals surface area (Å²) in [5.41, 5.74) is -0.436. The lowest BCUT2D eigenvalue weighted by Crippen LogP contribution is -2.39. The maximum atomic E-state index is 11.0. The van der Waals surface area contributed by atoms with Crippen molar-refractivity contribution in [1.82, 2.24) is 9.97 Å². The Balaban J connectivity index is 2.38. The molecule has 13 heavy (non-hydrogen) atoms. The smallest absolute Gasteiger partial charge is 0.250 e. The largest absolute Gasteiger partial charge is 0.370 e. The Labute approximate surface area is 76.0 Å². The van der Waals surface area contributed by atoms with Gasteiger partial charge in [0.1, 0.15) is 11.4 Å². The normalized spacial score (nSPS) is 19.5. The van der Waals surface area contributed by atoms with Crippen LogP contribution in [0.1, 0.15) is 25.1 Å². The Morgan fingerprint density at radius 1 is 1.62 bits per heavy atom. The molecule has 1 saturated carbocycles. The van der Waals surface area contributed by atoms with E-state index >= 15 is 0 Å². The van der Waals surface area contributed by atoms with Gasteiger partial charge in [0, 0.05) is 19.4 Å². The molecule has 1 aliphatic rings. The molecule has 1 heterocycles. The molecule has 2 rings (SSSR count). The first-order valence-corrected chi connectivity index (χ1v) is 4.38. The first-order valence-electron chi connectivity index (χ1n) is 4.38. The summed E-state index contributed by atoms with van der Waals surface area (Å²) < 4.78 is 5.38. The lowest BCUT2D eigenvalue weighted by Gasteiger charge is -2.38. The fourth-order valence-electron chi connectivity index (χ4n) is 1.64. The van der Waals surface area contributed by atoms with Crippen molar-refractivity contribution in [2.75, 3.05) is 7.11 Å². The van der Waals surface area contributed by atoms with Crippen molar-refractivity contribution >= 4 is 0 Å². The van der Waals surface area contributed by atoms with Crippen LogP contribution in [-0.2, 0) is 10.3 Å². The number of hydrogen-bond acceptors (Lipinski definition) is 3. The number of nitrogens with one attached hydrogen (secondary N) is 1. The van der Waals surface area contributed by atoms with E-state index in [0.29, 0.717) is 5.82 Å². The van der Waals surface area contributed by atoms with E-state index in [4.69, 9.17) is 4.74 Å². The van der Waals surface area contributed by atoms with Gasteiger partial charge in [0.25, 0.3) is 5.56 Å². The number of rotatable bonds is 2. The summed E-state index contributed by atoms with van der Waals surface area (Å²) in [5.74, 6) is 0.661. The summed E-state index contributed by atoms with van der Waals surface area (Å²) in [6.07, 6.45) is 4.53. The third kappa shape index (κ3) is 1.27. The third-order valence-electron chi connectivity index (χ3n) is 2.65. The Morgan fingerprint density at radius 3 is 2.85 bits per heavy atom. The molecule has 1 aromatic heterocycles. The molecule has 4 heteroatoms. The van der Waals surface area contributed by atoms with E-state index in [9.17, 15) is 4.79 Å². The van der Waals surface area contributed by atoms with Gasteiger partial charge in [0.05, 0.1) is 0 Å². The molecule has 0 radical (unpaired) electrons. The first-order chi connectivity index (χ1) is 6.27. The molecule has 0 spiro atoms. The minimum atomic E-state index is -0.319. The van der Waals surface area contributed by atoms with Crippen molar-refractivity contribution in [3.8, 4) is 0 Å². The van der Waals surface area contributed by atoms with Crippen LogP contribution < -0.4 is 5.56 Å². The second kappa shape index (κ2) is 2.96. The lowest BCUT2D eigenvalue weighted by atomic mass is 9.79. The number of aromatic nitrogens is 2. The van der Waals surface area contributed by atoms with Crippen molar-refractivity contribution in [2.45, 2.75) is 24.9 Å². The van der Waals surface area contributed by atoms with Crippen LogP contribution in [0.2, 0.25) is 0 Å². The molecule has 1 aromatic rings. The Morgan fingerprint density at radius 2 is 2.38 bits per heavy atom. The molecule has 0 atom stereocenters. The number of H-pyrrole nitrogens is 1. The molecule has 1 N–H and O–H groups in total. The third-order valence-corrected chi connectivity index (χ3v) is 2.65. The zero-order valence-corrected chi connectivity index (χ0v) is 7.54. The fourth-order valence-corrected chi connectivity index (χ4v) is 1.64. The van der Waals surface area contributed by atoms with E-state index in [-0.39, 0.29) is 11.2 Å². The van der Waals surface area contributed by atoms with Crippen molar-refractivity contribution in [2.24, 2.45) is 0 Å². The van der Waals surface area contributed by atoms with Crippen LogP contribution in [0.25, 0.3) is 0 Å². The Hall–Kier alpha value is -1.16. The van der Waals surface area contributed by atoms with Gasteiger partial charge in [-0.3, -0.25) is 4.79 Å². The highest BCUT2D eigenvalue weighted by Crippen LogP contribution is 2.41. The van der Waals surface area contributed by atoms with Crippen LogP contribution in [0.5, 0.6) is 0 Å². The molecule has 0 aliphatic heterocycles. The second-order valence-electron chi connectivity index (χ2n) is 3.33. The molecular weight excluding hydrogens is 168 g/mol. The number of ether oxygens (including phenoxy) is 1. The predicted octanol–water partition coefficient (Wildman–Crippen LogP) is 0.796. The number of hydrogen-bond donors (Lipinski definition) is 1. The zero-order chi connectivity index (χ0) is 9.31. The molecule has 0 bridgehead atoms. The number of nitrogens with zero attached hydrogens (tertiary/aromatic N) is 1. The zero-order valence-electron chi connectivity index (χ0n) is 7.54. The predicted molar refractivity (Wildman–Crippen MR) is 47.4 cm³/mol. The summed E-state index contributed by atoms with van der Waals surface area (Å²) in [4.78, 5) is 17.9. The summed E-state index contributed by atoms with van der Waals surface area (Å²) in [6, 6.07) is 1.41. The molecule has 70 valence electrons. The van der Waals surface area contributed by atoms with Crippen molar-refractivity contribution < 1.29 is 4.74 Å². The standard InChI is InChI=1S/C9H12N2O2/c1-13-9(4-2-5-9)8-10-6-3-7(12)11-8/h3,6H,2,4-5H2,1H3,(H,10,11,12). The summed E-state index contributed by atoms with van der Waals surface area (Å²) >= 11 is 0. The molecule has 0 aromatic carbocycles. The van der Waals surface area contributed by atoms with Gasteiger partial charge in [-0.05, 0) is 19.3 Å². The molecule has 1 fully saturated rings. The van der Waals surface area contributed by atoms with Crippen LogP contribution in [0.4, 0.5) is 0 Å². The Bertz CT molecular complexity index is 349. The SMILES string of the molecule is COC1(c2nccc(=O)[nH]2)CCC1. The molecule has 1 aliphatic carbocycles. The van der Waals surface area contributed by atoms with E-state index in [1.807, 2.05) is 0 Å². The summed E-state index contributed by atoms with van der Waals surface area (Å²) in [5, 5.41) is 0. The minimum absolute atomic E-state index is 0.117. The first kappa shape index (κ1) is 8.44. The molecular formula is C9H12N2O2. The highest BCUT2D eigenvalue weighted by molar-refractivity contribution is 5.07. The van der Waals surface area contributed by atoms with E-state index in [2.05, 4.69) is 9.97 Å². The maximum absolute atomic E-state index is 11.0. The van der Waals surface area contributed by atoms with Gasteiger partial charge in [0.15, 0.2) is 0 Å². The summed E-state index contributed by atoms with van der Waals surface area (Å²) in [6.45, 7) is 0. The van der Waals surface area contributed by atoms with E-state index in [1.165, 1.54) is 12.3 Å². The van der Waals surface area contributed by atoms with Gasteiger partial charge in [-0.25, -0.2) is 4.98 Å². The Kier molecular flexibility index (Phi) is 1.92. The van der Waals surface area contributed by atoms with Crippen LogP contribution in [0.3, 0.4) is 0 Å². The van der Waals surface area contributed by atoms with Crippen molar-refractivity contribution in [1.29, 1.82) is 0 Å². The highest BCUT2D eigenvalue weighted by atomic mass is 16.5. The molecule has 4 nitrogen and oxygen atoms in total. The average Bonchev–Trinajstić information content (AvgIpc) is 2.03.